The Labute approximate surface area is 161 Å². The molecule has 0 aromatic carbocycles. The zero-order valence-corrected chi connectivity index (χ0v) is 16.5. The van der Waals surface area contributed by atoms with Crippen LogP contribution in [-0.2, 0) is 4.79 Å². The second kappa shape index (κ2) is 7.59. The summed E-state index contributed by atoms with van der Waals surface area (Å²) in [6, 6.07) is 5.39. The maximum Gasteiger partial charge on any atom is 0.267 e. The summed E-state index contributed by atoms with van der Waals surface area (Å²) in [5.74, 6) is 0.698. The maximum atomic E-state index is 13.0. The number of thiocarbonyl (C=S) groups is 1. The minimum atomic E-state index is -0.219. The van der Waals surface area contributed by atoms with E-state index in [9.17, 15) is 9.59 Å². The van der Waals surface area contributed by atoms with Crippen molar-refractivity contribution in [3.63, 3.8) is 0 Å². The highest BCUT2D eigenvalue weighted by Gasteiger charge is 2.31. The molecule has 3 rings (SSSR count). The van der Waals surface area contributed by atoms with Crippen molar-refractivity contribution in [3.8, 4) is 0 Å². The molecule has 2 aromatic heterocycles. The molecule has 136 valence electrons. The first kappa shape index (κ1) is 18.6. The van der Waals surface area contributed by atoms with Crippen LogP contribution in [0, 0.1) is 5.92 Å². The predicted octanol–water partition coefficient (Wildman–Crippen LogP) is 2.98. The van der Waals surface area contributed by atoms with Crippen molar-refractivity contribution in [1.82, 2.24) is 14.3 Å². The highest BCUT2D eigenvalue weighted by molar-refractivity contribution is 8.26. The molecule has 8 heteroatoms. The Morgan fingerprint density at radius 1 is 1.35 bits per heavy atom. The third-order valence-electron chi connectivity index (χ3n) is 3.91. The average Bonchev–Trinajstić information content (AvgIpc) is 2.88. The van der Waals surface area contributed by atoms with Gasteiger partial charge in [-0.25, -0.2) is 4.98 Å². The van der Waals surface area contributed by atoms with Gasteiger partial charge in [0.1, 0.15) is 15.8 Å². The minimum absolute atomic E-state index is 0.171. The van der Waals surface area contributed by atoms with E-state index in [0.717, 1.165) is 0 Å². The lowest BCUT2D eigenvalue weighted by Gasteiger charge is -2.12. The summed E-state index contributed by atoms with van der Waals surface area (Å²) in [4.78, 5) is 32.0. The Balaban J connectivity index is 2.14. The van der Waals surface area contributed by atoms with Gasteiger partial charge in [0.15, 0.2) is 0 Å². The lowest BCUT2D eigenvalue weighted by atomic mass is 10.2. The molecule has 6 nitrogen and oxygen atoms in total. The Hall–Kier alpha value is -2.19. The summed E-state index contributed by atoms with van der Waals surface area (Å²) < 4.78 is 1.99. The highest BCUT2D eigenvalue weighted by atomic mass is 32.2. The van der Waals surface area contributed by atoms with Gasteiger partial charge in [0.25, 0.3) is 11.5 Å². The van der Waals surface area contributed by atoms with E-state index in [-0.39, 0.29) is 11.5 Å². The van der Waals surface area contributed by atoms with Crippen LogP contribution in [0.2, 0.25) is 0 Å². The monoisotopic (exact) mass is 388 g/mol. The number of thioether (sulfide) groups is 1. The van der Waals surface area contributed by atoms with E-state index in [2.05, 4.69) is 24.1 Å². The standard InChI is InChI=1S/C18H20N4O2S2/c1-4-21-17(24)13(26-18(21)25)9-12-15(19-10-11(2)3)20-14-7-5-6-8-22(14)16(12)23/h5-9,11,19H,4,10H2,1-3H3/b13-9+. The average molecular weight is 389 g/mol. The van der Waals surface area contributed by atoms with Gasteiger partial charge in [-0.05, 0) is 31.1 Å². The topological polar surface area (TPSA) is 66.7 Å². The number of likely N-dealkylation sites (N-methyl/N-ethyl adjacent to an activating group) is 1. The van der Waals surface area contributed by atoms with Gasteiger partial charge in [0.05, 0.1) is 10.5 Å². The number of hydrogen-bond donors (Lipinski definition) is 1. The summed E-state index contributed by atoms with van der Waals surface area (Å²) in [6.45, 7) is 7.21. The first-order valence-corrected chi connectivity index (χ1v) is 9.65. The van der Waals surface area contributed by atoms with E-state index in [1.807, 2.05) is 13.0 Å². The molecule has 2 aromatic rings. The molecule has 0 spiro atoms. The fourth-order valence-corrected chi connectivity index (χ4v) is 3.94. The number of rotatable bonds is 5. The maximum absolute atomic E-state index is 13.0. The molecule has 0 radical (unpaired) electrons. The second-order valence-electron chi connectivity index (χ2n) is 6.31. The molecule has 1 saturated heterocycles. The largest absolute Gasteiger partial charge is 0.369 e. The Bertz CT molecular complexity index is 965. The van der Waals surface area contributed by atoms with Crippen molar-refractivity contribution >= 4 is 51.7 Å². The van der Waals surface area contributed by atoms with Crippen molar-refractivity contribution in [1.29, 1.82) is 0 Å². The molecule has 1 aliphatic rings. The van der Waals surface area contributed by atoms with Crippen LogP contribution >= 0.6 is 24.0 Å². The number of amides is 1. The number of carbonyl (C=O) groups excluding carboxylic acids is 1. The summed E-state index contributed by atoms with van der Waals surface area (Å²) in [5.41, 5.74) is 0.705. The molecule has 0 saturated carbocycles. The molecular weight excluding hydrogens is 368 g/mol. The van der Waals surface area contributed by atoms with Crippen molar-refractivity contribution in [3.05, 3.63) is 45.2 Å². The van der Waals surface area contributed by atoms with Crippen LogP contribution in [0.25, 0.3) is 11.7 Å². The van der Waals surface area contributed by atoms with E-state index >= 15 is 0 Å². The van der Waals surface area contributed by atoms with E-state index in [0.29, 0.717) is 45.3 Å². The van der Waals surface area contributed by atoms with Crippen LogP contribution in [0.5, 0.6) is 0 Å². The zero-order valence-electron chi connectivity index (χ0n) is 14.9. The third kappa shape index (κ3) is 3.52. The molecule has 0 aliphatic carbocycles. The zero-order chi connectivity index (χ0) is 18.8. The van der Waals surface area contributed by atoms with Crippen LogP contribution in [0.4, 0.5) is 5.82 Å². The lowest BCUT2D eigenvalue weighted by Crippen LogP contribution is -2.27. The molecule has 0 atom stereocenters. The Kier molecular flexibility index (Phi) is 5.43. The summed E-state index contributed by atoms with van der Waals surface area (Å²) in [7, 11) is 0. The molecular formula is C18H20N4O2S2. The normalized spacial score (nSPS) is 16.3. The van der Waals surface area contributed by atoms with E-state index < -0.39 is 0 Å². The van der Waals surface area contributed by atoms with Gasteiger partial charge < -0.3 is 5.32 Å². The van der Waals surface area contributed by atoms with Crippen molar-refractivity contribution in [2.45, 2.75) is 20.8 Å². The van der Waals surface area contributed by atoms with Gasteiger partial charge >= 0.3 is 0 Å². The summed E-state index contributed by atoms with van der Waals surface area (Å²) >= 11 is 6.46. The van der Waals surface area contributed by atoms with Crippen LogP contribution < -0.4 is 10.9 Å². The molecule has 1 aliphatic heterocycles. The third-order valence-corrected chi connectivity index (χ3v) is 5.29. The molecule has 0 unspecified atom stereocenters. The van der Waals surface area contributed by atoms with E-state index in [1.165, 1.54) is 21.1 Å². The van der Waals surface area contributed by atoms with Gasteiger partial charge in [-0.2, -0.15) is 0 Å². The fraction of sp³-hybridized carbons (Fsp3) is 0.333. The molecule has 0 bridgehead atoms. The van der Waals surface area contributed by atoms with Crippen LogP contribution in [-0.4, -0.2) is 37.6 Å². The number of nitrogens with zero attached hydrogens (tertiary/aromatic N) is 3. The number of pyridine rings is 1. The van der Waals surface area contributed by atoms with Gasteiger partial charge in [0, 0.05) is 19.3 Å². The number of carbonyl (C=O) groups is 1. The minimum Gasteiger partial charge on any atom is -0.369 e. The first-order valence-electron chi connectivity index (χ1n) is 8.43. The highest BCUT2D eigenvalue weighted by Crippen LogP contribution is 2.32. The smallest absolute Gasteiger partial charge is 0.267 e. The van der Waals surface area contributed by atoms with Crippen molar-refractivity contribution in [2.24, 2.45) is 5.92 Å². The molecule has 3 heterocycles. The van der Waals surface area contributed by atoms with Crippen molar-refractivity contribution < 1.29 is 4.79 Å². The predicted molar refractivity (Wildman–Crippen MR) is 110 cm³/mol. The fourth-order valence-electron chi connectivity index (χ4n) is 2.57. The van der Waals surface area contributed by atoms with Gasteiger partial charge in [-0.15, -0.1) is 0 Å². The molecule has 26 heavy (non-hydrogen) atoms. The lowest BCUT2D eigenvalue weighted by molar-refractivity contribution is -0.121. The first-order chi connectivity index (χ1) is 12.4. The number of anilines is 1. The molecule has 1 fully saturated rings. The van der Waals surface area contributed by atoms with Crippen molar-refractivity contribution in [2.75, 3.05) is 18.4 Å². The van der Waals surface area contributed by atoms with Crippen LogP contribution in [0.15, 0.2) is 34.1 Å². The Morgan fingerprint density at radius 2 is 2.12 bits per heavy atom. The number of hydrogen-bond acceptors (Lipinski definition) is 6. The van der Waals surface area contributed by atoms with Crippen LogP contribution in [0.1, 0.15) is 26.3 Å². The van der Waals surface area contributed by atoms with E-state index in [4.69, 9.17) is 12.2 Å². The van der Waals surface area contributed by atoms with Crippen LogP contribution in [0.3, 0.4) is 0 Å². The number of aromatic nitrogens is 2. The summed E-state index contributed by atoms with van der Waals surface area (Å²) in [5, 5.41) is 3.23. The van der Waals surface area contributed by atoms with E-state index in [1.54, 1.807) is 24.4 Å². The van der Waals surface area contributed by atoms with Gasteiger partial charge in [-0.3, -0.25) is 18.9 Å². The van der Waals surface area contributed by atoms with Gasteiger partial charge in [0.2, 0.25) is 0 Å². The Morgan fingerprint density at radius 3 is 2.77 bits per heavy atom. The number of fused-ring (bicyclic) bond motifs is 1. The quantitative estimate of drug-likeness (QED) is 0.627. The molecule has 1 N–H and O–H groups in total. The van der Waals surface area contributed by atoms with Gasteiger partial charge in [-0.1, -0.05) is 43.9 Å². The SMILES string of the molecule is CCN1C(=O)/C(=C\c2c(NCC(C)C)nc3ccccn3c2=O)SC1=S. The second-order valence-corrected chi connectivity index (χ2v) is 7.98. The summed E-state index contributed by atoms with van der Waals surface area (Å²) in [6.07, 6.45) is 3.28. The molecule has 1 amide bonds. The number of nitrogens with one attached hydrogen (secondary N) is 1.